The standard InChI is InChI=1S/C20H26N4O3/c1-15(27-18-12-8-7-11-17(18)26-3)13-22-20(21-2)23-14-19(25)24-16-9-5-4-6-10-16/h4-12,15H,13-14H2,1-3H3,(H,24,25)(H2,21,22,23). The third-order valence-electron chi connectivity index (χ3n) is 3.65. The van der Waals surface area contributed by atoms with E-state index in [1.54, 1.807) is 14.2 Å². The van der Waals surface area contributed by atoms with Crippen molar-refractivity contribution in [1.82, 2.24) is 10.6 Å². The summed E-state index contributed by atoms with van der Waals surface area (Å²) in [6, 6.07) is 16.8. The number of aliphatic imine (C=N–C) groups is 1. The Morgan fingerprint density at radius 2 is 1.70 bits per heavy atom. The van der Waals surface area contributed by atoms with E-state index in [-0.39, 0.29) is 18.6 Å². The van der Waals surface area contributed by atoms with E-state index in [0.717, 1.165) is 5.69 Å². The smallest absolute Gasteiger partial charge is 0.243 e. The molecule has 1 amide bonds. The molecular formula is C20H26N4O3. The molecule has 144 valence electrons. The summed E-state index contributed by atoms with van der Waals surface area (Å²) in [5, 5.41) is 8.93. The molecule has 2 aromatic carbocycles. The minimum Gasteiger partial charge on any atom is -0.493 e. The van der Waals surface area contributed by atoms with Crippen LogP contribution in [0.15, 0.2) is 59.6 Å². The molecule has 3 N–H and O–H groups in total. The van der Waals surface area contributed by atoms with Crippen LogP contribution in [0.3, 0.4) is 0 Å². The maximum atomic E-state index is 12.0. The molecule has 0 spiro atoms. The molecule has 7 nitrogen and oxygen atoms in total. The zero-order chi connectivity index (χ0) is 19.5. The van der Waals surface area contributed by atoms with Gasteiger partial charge in [-0.1, -0.05) is 30.3 Å². The van der Waals surface area contributed by atoms with E-state index in [1.807, 2.05) is 61.5 Å². The second-order valence-electron chi connectivity index (χ2n) is 5.80. The van der Waals surface area contributed by atoms with Gasteiger partial charge in [-0.15, -0.1) is 0 Å². The second kappa shape index (κ2) is 10.7. The number of carbonyl (C=O) groups is 1. The van der Waals surface area contributed by atoms with Crippen molar-refractivity contribution >= 4 is 17.6 Å². The topological polar surface area (TPSA) is 84.0 Å². The number of carbonyl (C=O) groups excluding carboxylic acids is 1. The molecule has 27 heavy (non-hydrogen) atoms. The van der Waals surface area contributed by atoms with Gasteiger partial charge < -0.3 is 25.4 Å². The van der Waals surface area contributed by atoms with Gasteiger partial charge in [-0.05, 0) is 31.2 Å². The molecule has 0 aromatic heterocycles. The van der Waals surface area contributed by atoms with Gasteiger partial charge in [0, 0.05) is 12.7 Å². The number of rotatable bonds is 8. The first kappa shape index (κ1) is 20.1. The second-order valence-corrected chi connectivity index (χ2v) is 5.80. The minimum atomic E-state index is -0.150. The van der Waals surface area contributed by atoms with Gasteiger partial charge in [0.25, 0.3) is 0 Å². The van der Waals surface area contributed by atoms with Crippen LogP contribution in [0.4, 0.5) is 5.69 Å². The molecule has 0 fully saturated rings. The number of methoxy groups -OCH3 is 1. The van der Waals surface area contributed by atoms with Crippen LogP contribution in [0.5, 0.6) is 11.5 Å². The van der Waals surface area contributed by atoms with Crippen LogP contribution in [-0.2, 0) is 4.79 Å². The summed E-state index contributed by atoms with van der Waals surface area (Å²) in [6.45, 7) is 2.56. The average molecular weight is 370 g/mol. The molecule has 1 unspecified atom stereocenters. The van der Waals surface area contributed by atoms with Crippen molar-refractivity contribution in [2.24, 2.45) is 4.99 Å². The van der Waals surface area contributed by atoms with Crippen molar-refractivity contribution in [3.8, 4) is 11.5 Å². The SMILES string of the molecule is CN=C(NCC(=O)Nc1ccccc1)NCC(C)Oc1ccccc1OC. The lowest BCUT2D eigenvalue weighted by molar-refractivity contribution is -0.115. The Hall–Kier alpha value is -3.22. The third-order valence-corrected chi connectivity index (χ3v) is 3.65. The lowest BCUT2D eigenvalue weighted by Crippen LogP contribution is -2.44. The van der Waals surface area contributed by atoms with Crippen molar-refractivity contribution in [3.05, 3.63) is 54.6 Å². The van der Waals surface area contributed by atoms with Gasteiger partial charge in [0.1, 0.15) is 6.10 Å². The molecule has 0 saturated heterocycles. The zero-order valence-electron chi connectivity index (χ0n) is 15.9. The number of anilines is 1. The lowest BCUT2D eigenvalue weighted by atomic mass is 10.3. The predicted octanol–water partition coefficient (Wildman–Crippen LogP) is 2.27. The monoisotopic (exact) mass is 370 g/mol. The minimum absolute atomic E-state index is 0.107. The molecule has 0 aliphatic heterocycles. The number of hydrogen-bond donors (Lipinski definition) is 3. The van der Waals surface area contributed by atoms with Crippen LogP contribution in [0.1, 0.15) is 6.92 Å². The number of amides is 1. The normalized spacial score (nSPS) is 12.0. The Morgan fingerprint density at radius 3 is 2.37 bits per heavy atom. The van der Waals surface area contributed by atoms with Crippen molar-refractivity contribution in [2.75, 3.05) is 32.6 Å². The Balaban J connectivity index is 1.75. The van der Waals surface area contributed by atoms with Gasteiger partial charge in [0.2, 0.25) is 5.91 Å². The molecule has 2 rings (SSSR count). The van der Waals surface area contributed by atoms with Crippen LogP contribution >= 0.6 is 0 Å². The summed E-state index contributed by atoms with van der Waals surface area (Å²) in [7, 11) is 3.26. The van der Waals surface area contributed by atoms with E-state index in [9.17, 15) is 4.79 Å². The maximum Gasteiger partial charge on any atom is 0.243 e. The van der Waals surface area contributed by atoms with Gasteiger partial charge in [-0.2, -0.15) is 0 Å². The van der Waals surface area contributed by atoms with Crippen molar-refractivity contribution < 1.29 is 14.3 Å². The van der Waals surface area contributed by atoms with E-state index in [2.05, 4.69) is 20.9 Å². The fraction of sp³-hybridized carbons (Fsp3) is 0.300. The van der Waals surface area contributed by atoms with E-state index < -0.39 is 0 Å². The molecule has 0 saturated carbocycles. The summed E-state index contributed by atoms with van der Waals surface area (Å²) in [4.78, 5) is 16.1. The highest BCUT2D eigenvalue weighted by Gasteiger charge is 2.10. The Morgan fingerprint density at radius 1 is 1.04 bits per heavy atom. The summed E-state index contributed by atoms with van der Waals surface area (Å²) in [5.41, 5.74) is 0.756. The van der Waals surface area contributed by atoms with Crippen molar-refractivity contribution in [2.45, 2.75) is 13.0 Å². The lowest BCUT2D eigenvalue weighted by Gasteiger charge is -2.19. The molecule has 0 radical (unpaired) electrons. The van der Waals surface area contributed by atoms with E-state index in [4.69, 9.17) is 9.47 Å². The van der Waals surface area contributed by atoms with Gasteiger partial charge in [0.15, 0.2) is 17.5 Å². The van der Waals surface area contributed by atoms with Crippen LogP contribution in [0.25, 0.3) is 0 Å². The summed E-state index contributed by atoms with van der Waals surface area (Å²) in [6.07, 6.45) is -0.127. The van der Waals surface area contributed by atoms with Gasteiger partial charge in [-0.25, -0.2) is 0 Å². The van der Waals surface area contributed by atoms with Crippen molar-refractivity contribution in [3.63, 3.8) is 0 Å². The van der Waals surface area contributed by atoms with E-state index in [0.29, 0.717) is 24.0 Å². The highest BCUT2D eigenvalue weighted by Crippen LogP contribution is 2.26. The number of nitrogens with one attached hydrogen (secondary N) is 3. The van der Waals surface area contributed by atoms with E-state index in [1.165, 1.54) is 0 Å². The van der Waals surface area contributed by atoms with Crippen LogP contribution < -0.4 is 25.4 Å². The number of nitrogens with zero attached hydrogens (tertiary/aromatic N) is 1. The zero-order valence-corrected chi connectivity index (χ0v) is 15.9. The van der Waals surface area contributed by atoms with E-state index >= 15 is 0 Å². The molecule has 0 heterocycles. The average Bonchev–Trinajstić information content (AvgIpc) is 2.69. The highest BCUT2D eigenvalue weighted by atomic mass is 16.5. The van der Waals surface area contributed by atoms with Gasteiger partial charge >= 0.3 is 0 Å². The first-order chi connectivity index (χ1) is 13.1. The maximum absolute atomic E-state index is 12.0. The first-order valence-corrected chi connectivity index (χ1v) is 8.71. The van der Waals surface area contributed by atoms with Crippen molar-refractivity contribution in [1.29, 1.82) is 0 Å². The number of ether oxygens (including phenoxy) is 2. The van der Waals surface area contributed by atoms with Gasteiger partial charge in [0.05, 0.1) is 20.2 Å². The number of benzene rings is 2. The highest BCUT2D eigenvalue weighted by molar-refractivity contribution is 5.94. The van der Waals surface area contributed by atoms with Crippen LogP contribution in [0.2, 0.25) is 0 Å². The first-order valence-electron chi connectivity index (χ1n) is 8.71. The largest absolute Gasteiger partial charge is 0.493 e. The molecule has 1 atom stereocenters. The summed E-state index contributed by atoms with van der Waals surface area (Å²) in [5.74, 6) is 1.74. The number of hydrogen-bond acceptors (Lipinski definition) is 4. The number of para-hydroxylation sites is 3. The molecule has 0 aliphatic rings. The fourth-order valence-corrected chi connectivity index (χ4v) is 2.33. The quantitative estimate of drug-likeness (QED) is 0.490. The fourth-order valence-electron chi connectivity index (χ4n) is 2.33. The van der Waals surface area contributed by atoms with Crippen LogP contribution in [0, 0.1) is 0 Å². The molecule has 7 heteroatoms. The van der Waals surface area contributed by atoms with Crippen LogP contribution in [-0.4, -0.2) is 45.2 Å². The molecule has 2 aromatic rings. The Kier molecular flexibility index (Phi) is 7.96. The summed E-state index contributed by atoms with van der Waals surface area (Å²) >= 11 is 0. The number of guanidine groups is 1. The molecule has 0 bridgehead atoms. The molecular weight excluding hydrogens is 344 g/mol. The predicted molar refractivity (Wildman–Crippen MR) is 108 cm³/mol. The third kappa shape index (κ3) is 6.89. The molecule has 0 aliphatic carbocycles. The Bertz CT molecular complexity index is 750. The summed E-state index contributed by atoms with van der Waals surface area (Å²) < 4.78 is 11.2. The Labute approximate surface area is 159 Å². The van der Waals surface area contributed by atoms with Gasteiger partial charge in [-0.3, -0.25) is 9.79 Å².